The number of benzene rings is 1. The highest BCUT2D eigenvalue weighted by Crippen LogP contribution is 2.22. The van der Waals surface area contributed by atoms with E-state index < -0.39 is 5.97 Å². The third-order valence-electron chi connectivity index (χ3n) is 3.39. The number of hydrogen-bond acceptors (Lipinski definition) is 3. The number of aryl methyl sites for hydroxylation is 1. The Morgan fingerprint density at radius 3 is 2.45 bits per heavy atom. The van der Waals surface area contributed by atoms with Crippen molar-refractivity contribution in [3.63, 3.8) is 0 Å². The summed E-state index contributed by atoms with van der Waals surface area (Å²) in [4.78, 5) is 19.3. The Labute approximate surface area is 127 Å². The zero-order chi connectivity index (χ0) is 15.4. The number of carboxylic acid groups (broad SMARTS) is 1. The van der Waals surface area contributed by atoms with E-state index in [2.05, 4.69) is 9.97 Å². The highest BCUT2D eigenvalue weighted by molar-refractivity contribution is 5.67. The maximum absolute atomic E-state index is 10.7. The minimum atomic E-state index is -0.815. The van der Waals surface area contributed by atoms with Crippen LogP contribution in [0.25, 0.3) is 22.6 Å². The molecule has 0 radical (unpaired) electrons. The molecule has 0 unspecified atom stereocenters. The number of carboxylic acids is 1. The van der Waals surface area contributed by atoms with E-state index in [4.69, 9.17) is 5.11 Å². The van der Waals surface area contributed by atoms with Crippen LogP contribution in [0, 0.1) is 0 Å². The van der Waals surface area contributed by atoms with Gasteiger partial charge in [0.05, 0.1) is 12.1 Å². The summed E-state index contributed by atoms with van der Waals surface area (Å²) < 4.78 is 1.85. The summed E-state index contributed by atoms with van der Waals surface area (Å²) in [5.74, 6) is -0.0426. The molecule has 0 bridgehead atoms. The molecule has 0 aliphatic rings. The number of carbonyl (C=O) groups is 1. The molecule has 0 saturated carbocycles. The van der Waals surface area contributed by atoms with Gasteiger partial charge in [-0.2, -0.15) is 0 Å². The Morgan fingerprint density at radius 2 is 1.77 bits per heavy atom. The summed E-state index contributed by atoms with van der Waals surface area (Å²) in [5.41, 5.74) is 2.91. The number of pyridine rings is 1. The van der Waals surface area contributed by atoms with Gasteiger partial charge in [0.15, 0.2) is 0 Å². The van der Waals surface area contributed by atoms with E-state index in [0.29, 0.717) is 6.54 Å². The average Bonchev–Trinajstić information content (AvgIpc) is 3.02. The molecular formula is C17H15N3O2. The van der Waals surface area contributed by atoms with Gasteiger partial charge in [-0.3, -0.25) is 9.78 Å². The molecule has 5 nitrogen and oxygen atoms in total. The molecule has 0 spiro atoms. The third kappa shape index (κ3) is 3.03. The molecule has 3 rings (SSSR count). The second-order valence-electron chi connectivity index (χ2n) is 4.88. The van der Waals surface area contributed by atoms with Crippen molar-refractivity contribution in [2.24, 2.45) is 0 Å². The van der Waals surface area contributed by atoms with Crippen LogP contribution < -0.4 is 0 Å². The lowest BCUT2D eigenvalue weighted by Crippen LogP contribution is -2.05. The van der Waals surface area contributed by atoms with Crippen LogP contribution in [0.1, 0.15) is 6.42 Å². The molecule has 0 fully saturated rings. The molecule has 3 aromatic rings. The predicted molar refractivity (Wildman–Crippen MR) is 83.1 cm³/mol. The van der Waals surface area contributed by atoms with Crippen LogP contribution in [0.3, 0.4) is 0 Å². The molecule has 0 saturated heterocycles. The van der Waals surface area contributed by atoms with E-state index in [1.54, 1.807) is 18.6 Å². The normalized spacial score (nSPS) is 10.5. The maximum atomic E-state index is 10.7. The van der Waals surface area contributed by atoms with Crippen molar-refractivity contribution in [3.05, 3.63) is 61.1 Å². The van der Waals surface area contributed by atoms with Crippen molar-refractivity contribution in [1.82, 2.24) is 14.5 Å². The van der Waals surface area contributed by atoms with Gasteiger partial charge in [0.1, 0.15) is 5.82 Å². The topological polar surface area (TPSA) is 68.0 Å². The van der Waals surface area contributed by atoms with E-state index >= 15 is 0 Å². The molecule has 2 aromatic heterocycles. The number of hydrogen-bond donors (Lipinski definition) is 1. The molecule has 1 N–H and O–H groups in total. The number of aliphatic carboxylic acids is 1. The van der Waals surface area contributed by atoms with Crippen molar-refractivity contribution in [2.45, 2.75) is 13.0 Å². The fraction of sp³-hybridized carbons (Fsp3) is 0.118. The Balaban J connectivity index is 1.85. The monoisotopic (exact) mass is 293 g/mol. The number of aromatic nitrogens is 3. The largest absolute Gasteiger partial charge is 0.481 e. The first kappa shape index (κ1) is 14.0. The number of nitrogens with zero attached hydrogens (tertiary/aromatic N) is 3. The van der Waals surface area contributed by atoms with Crippen molar-refractivity contribution in [1.29, 1.82) is 0 Å². The van der Waals surface area contributed by atoms with E-state index in [9.17, 15) is 4.79 Å². The van der Waals surface area contributed by atoms with Crippen LogP contribution in [-0.2, 0) is 11.3 Å². The molecular weight excluding hydrogens is 278 g/mol. The lowest BCUT2D eigenvalue weighted by atomic mass is 10.1. The summed E-state index contributed by atoms with van der Waals surface area (Å²) >= 11 is 0. The zero-order valence-corrected chi connectivity index (χ0v) is 11.9. The van der Waals surface area contributed by atoms with Gasteiger partial charge in [0, 0.05) is 36.3 Å². The van der Waals surface area contributed by atoms with Crippen LogP contribution in [0.5, 0.6) is 0 Å². The van der Waals surface area contributed by atoms with Crippen molar-refractivity contribution < 1.29 is 9.90 Å². The van der Waals surface area contributed by atoms with E-state index in [1.165, 1.54) is 0 Å². The fourth-order valence-electron chi connectivity index (χ4n) is 2.29. The summed E-state index contributed by atoms with van der Waals surface area (Å²) in [5, 5.41) is 8.80. The molecule has 0 amide bonds. The summed E-state index contributed by atoms with van der Waals surface area (Å²) in [6.45, 7) is 0.409. The summed E-state index contributed by atoms with van der Waals surface area (Å²) in [7, 11) is 0. The van der Waals surface area contributed by atoms with Crippen molar-refractivity contribution in [3.8, 4) is 22.6 Å². The molecule has 22 heavy (non-hydrogen) atoms. The van der Waals surface area contributed by atoms with Crippen molar-refractivity contribution >= 4 is 5.97 Å². The molecule has 110 valence electrons. The van der Waals surface area contributed by atoms with Crippen molar-refractivity contribution in [2.75, 3.05) is 0 Å². The predicted octanol–water partition coefficient (Wildman–Crippen LogP) is 3.09. The summed E-state index contributed by atoms with van der Waals surface area (Å²) in [6.07, 6.45) is 5.33. The van der Waals surface area contributed by atoms with Crippen LogP contribution in [0.15, 0.2) is 61.1 Å². The van der Waals surface area contributed by atoms with Gasteiger partial charge in [-0.05, 0) is 12.1 Å². The van der Waals surface area contributed by atoms with Crippen LogP contribution in [-0.4, -0.2) is 25.6 Å². The van der Waals surface area contributed by atoms with E-state index in [1.807, 2.05) is 47.0 Å². The zero-order valence-electron chi connectivity index (χ0n) is 11.9. The Bertz CT molecular complexity index is 764. The quantitative estimate of drug-likeness (QED) is 0.785. The second-order valence-corrected chi connectivity index (χ2v) is 4.88. The maximum Gasteiger partial charge on any atom is 0.305 e. The summed E-state index contributed by atoms with van der Waals surface area (Å²) in [6, 6.07) is 13.7. The lowest BCUT2D eigenvalue weighted by molar-refractivity contribution is -0.137. The standard InChI is InChI=1S/C17H15N3O2/c21-16(22)8-11-20-12-10-19-17(20)14-6-4-13(5-7-14)15-3-1-2-9-18-15/h1-7,9-10,12H,8,11H2,(H,21,22). The minimum Gasteiger partial charge on any atom is -0.481 e. The van der Waals surface area contributed by atoms with Gasteiger partial charge in [0.2, 0.25) is 0 Å². The highest BCUT2D eigenvalue weighted by Gasteiger charge is 2.08. The molecule has 0 aliphatic heterocycles. The molecule has 5 heteroatoms. The van der Waals surface area contributed by atoms with Gasteiger partial charge < -0.3 is 9.67 Å². The molecule has 0 atom stereocenters. The first-order valence-corrected chi connectivity index (χ1v) is 6.99. The van der Waals surface area contributed by atoms with Crippen LogP contribution in [0.4, 0.5) is 0 Å². The highest BCUT2D eigenvalue weighted by atomic mass is 16.4. The molecule has 1 aromatic carbocycles. The number of imidazole rings is 1. The molecule has 0 aliphatic carbocycles. The third-order valence-corrected chi connectivity index (χ3v) is 3.39. The second kappa shape index (κ2) is 6.22. The average molecular weight is 293 g/mol. The van der Waals surface area contributed by atoms with Gasteiger partial charge >= 0.3 is 5.97 Å². The first-order valence-electron chi connectivity index (χ1n) is 6.99. The fourth-order valence-corrected chi connectivity index (χ4v) is 2.29. The van der Waals surface area contributed by atoms with E-state index in [0.717, 1.165) is 22.6 Å². The van der Waals surface area contributed by atoms with Gasteiger partial charge in [-0.15, -0.1) is 0 Å². The SMILES string of the molecule is O=C(O)CCn1ccnc1-c1ccc(-c2ccccn2)cc1. The number of rotatable bonds is 5. The Kier molecular flexibility index (Phi) is 3.96. The lowest BCUT2D eigenvalue weighted by Gasteiger charge is -2.07. The van der Waals surface area contributed by atoms with Crippen LogP contribution in [0.2, 0.25) is 0 Å². The van der Waals surface area contributed by atoms with Gasteiger partial charge in [-0.25, -0.2) is 4.98 Å². The smallest absolute Gasteiger partial charge is 0.305 e. The Hall–Kier alpha value is -2.95. The van der Waals surface area contributed by atoms with Gasteiger partial charge in [-0.1, -0.05) is 30.3 Å². The van der Waals surface area contributed by atoms with E-state index in [-0.39, 0.29) is 6.42 Å². The first-order chi connectivity index (χ1) is 10.7. The van der Waals surface area contributed by atoms with Gasteiger partial charge in [0.25, 0.3) is 0 Å². The Morgan fingerprint density at radius 1 is 1.00 bits per heavy atom. The minimum absolute atomic E-state index is 0.0787. The van der Waals surface area contributed by atoms with Crippen LogP contribution >= 0.6 is 0 Å². The molecule has 2 heterocycles.